The first-order valence-corrected chi connectivity index (χ1v) is 5.29. The molecule has 1 nitrogen and oxygen atoms in total. The number of Topliss-reactive ketones (excluding diaryl/α,β-unsaturated/α-hetero) is 1. The number of hydrogen-bond acceptors (Lipinski definition) is 1. The molecule has 1 aromatic carbocycles. The van der Waals surface area contributed by atoms with Gasteiger partial charge in [-0.1, -0.05) is 22.0 Å². The fraction of sp³-hybridized carbons (Fsp3) is 0.300. The first-order chi connectivity index (χ1) is 6.13. The molecule has 0 saturated heterocycles. The summed E-state index contributed by atoms with van der Waals surface area (Å²) in [5.41, 5.74) is 2.04. The molecule has 70 valence electrons. The molecule has 0 aliphatic carbocycles. The highest BCUT2D eigenvalue weighted by atomic mass is 79.9. The molecule has 0 N–H and O–H groups in total. The van der Waals surface area contributed by atoms with E-state index in [1.807, 2.05) is 18.2 Å². The third-order valence-corrected chi connectivity index (χ3v) is 2.53. The quantitative estimate of drug-likeness (QED) is 0.763. The number of hydrogen-bond donors (Lipinski definition) is 0. The van der Waals surface area contributed by atoms with E-state index in [1.54, 1.807) is 6.92 Å². The summed E-state index contributed by atoms with van der Waals surface area (Å²) in [4.78, 5) is 10.9. The number of carbonyl (C=O) groups excluding carboxylic acids is 1. The second-order valence-corrected chi connectivity index (χ2v) is 4.11. The molecule has 3 heteroatoms. The Bertz CT molecular complexity index is 323. The van der Waals surface area contributed by atoms with Gasteiger partial charge in [0, 0.05) is 16.8 Å². The van der Waals surface area contributed by atoms with Gasteiger partial charge >= 0.3 is 0 Å². The number of alkyl halides is 1. The summed E-state index contributed by atoms with van der Waals surface area (Å²) >= 11 is 9.10. The smallest absolute Gasteiger partial charge is 0.134 e. The van der Waals surface area contributed by atoms with Crippen LogP contribution in [0.25, 0.3) is 0 Å². The van der Waals surface area contributed by atoms with Crippen LogP contribution in [0.15, 0.2) is 22.7 Å². The van der Waals surface area contributed by atoms with E-state index in [4.69, 9.17) is 11.6 Å². The Kier molecular flexibility index (Phi) is 3.94. The van der Waals surface area contributed by atoms with E-state index < -0.39 is 0 Å². The SMILES string of the molecule is CC(=O)Cc1cc(Br)ccc1CCl. The highest BCUT2D eigenvalue weighted by molar-refractivity contribution is 9.10. The van der Waals surface area contributed by atoms with Gasteiger partial charge in [-0.25, -0.2) is 0 Å². The van der Waals surface area contributed by atoms with Gasteiger partial charge in [-0.3, -0.25) is 4.79 Å². The lowest BCUT2D eigenvalue weighted by atomic mass is 10.0. The molecule has 0 aliphatic rings. The average Bonchev–Trinajstić information content (AvgIpc) is 2.03. The van der Waals surface area contributed by atoms with E-state index in [9.17, 15) is 4.79 Å². The lowest BCUT2D eigenvalue weighted by Crippen LogP contribution is -1.99. The van der Waals surface area contributed by atoms with Crippen LogP contribution in [0.3, 0.4) is 0 Å². The standard InChI is InChI=1S/C10H10BrClO/c1-7(13)4-9-5-10(11)3-2-8(9)6-12/h2-3,5H,4,6H2,1H3. The molecular formula is C10H10BrClO. The van der Waals surface area contributed by atoms with Crippen LogP contribution < -0.4 is 0 Å². The number of ketones is 1. The van der Waals surface area contributed by atoms with Crippen LogP contribution in [0, 0.1) is 0 Å². The van der Waals surface area contributed by atoms with Crippen molar-refractivity contribution in [1.29, 1.82) is 0 Å². The molecule has 0 aliphatic heterocycles. The summed E-state index contributed by atoms with van der Waals surface area (Å²) in [5.74, 6) is 0.611. The first kappa shape index (κ1) is 10.7. The third kappa shape index (κ3) is 3.12. The fourth-order valence-corrected chi connectivity index (χ4v) is 1.83. The fourth-order valence-electron chi connectivity index (χ4n) is 1.16. The van der Waals surface area contributed by atoms with E-state index in [2.05, 4.69) is 15.9 Å². The van der Waals surface area contributed by atoms with Crippen molar-refractivity contribution in [2.24, 2.45) is 0 Å². The van der Waals surface area contributed by atoms with Crippen LogP contribution >= 0.6 is 27.5 Å². The summed E-state index contributed by atoms with van der Waals surface area (Å²) in [6.07, 6.45) is 0.460. The van der Waals surface area contributed by atoms with Crippen LogP contribution in [0.2, 0.25) is 0 Å². The number of carbonyl (C=O) groups is 1. The Morgan fingerprint density at radius 3 is 2.69 bits per heavy atom. The Morgan fingerprint density at radius 1 is 1.46 bits per heavy atom. The van der Waals surface area contributed by atoms with Crippen molar-refractivity contribution in [3.63, 3.8) is 0 Å². The molecule has 1 rings (SSSR count). The second-order valence-electron chi connectivity index (χ2n) is 2.93. The maximum atomic E-state index is 10.9. The Hall–Kier alpha value is -0.340. The van der Waals surface area contributed by atoms with Gasteiger partial charge in [0.2, 0.25) is 0 Å². The minimum atomic E-state index is 0.157. The Morgan fingerprint density at radius 2 is 2.15 bits per heavy atom. The molecule has 0 radical (unpaired) electrons. The Balaban J connectivity index is 3.01. The summed E-state index contributed by atoms with van der Waals surface area (Å²) in [6, 6.07) is 5.82. The summed E-state index contributed by atoms with van der Waals surface area (Å²) in [6.45, 7) is 1.58. The minimum absolute atomic E-state index is 0.157. The van der Waals surface area contributed by atoms with Crippen LogP contribution in [-0.2, 0) is 17.1 Å². The first-order valence-electron chi connectivity index (χ1n) is 3.96. The molecule has 0 saturated carbocycles. The highest BCUT2D eigenvalue weighted by Gasteiger charge is 2.04. The molecule has 0 amide bonds. The Labute approximate surface area is 91.2 Å². The van der Waals surface area contributed by atoms with Gasteiger partial charge in [-0.15, -0.1) is 11.6 Å². The predicted molar refractivity (Wildman–Crippen MR) is 58.1 cm³/mol. The van der Waals surface area contributed by atoms with E-state index in [1.165, 1.54) is 0 Å². The predicted octanol–water partition coefficient (Wildman–Crippen LogP) is 3.32. The normalized spacial score (nSPS) is 10.1. The molecule has 0 unspecified atom stereocenters. The molecule has 0 aromatic heterocycles. The van der Waals surface area contributed by atoms with Gasteiger partial charge in [-0.2, -0.15) is 0 Å². The van der Waals surface area contributed by atoms with Crippen molar-refractivity contribution in [2.45, 2.75) is 19.2 Å². The van der Waals surface area contributed by atoms with Gasteiger partial charge in [0.25, 0.3) is 0 Å². The maximum Gasteiger partial charge on any atom is 0.134 e. The van der Waals surface area contributed by atoms with Crippen LogP contribution in [0.5, 0.6) is 0 Å². The van der Waals surface area contributed by atoms with E-state index >= 15 is 0 Å². The molecule has 0 atom stereocenters. The van der Waals surface area contributed by atoms with Crippen LogP contribution in [0.4, 0.5) is 0 Å². The largest absolute Gasteiger partial charge is 0.300 e. The number of rotatable bonds is 3. The lowest BCUT2D eigenvalue weighted by molar-refractivity contribution is -0.116. The molecule has 0 bridgehead atoms. The van der Waals surface area contributed by atoms with Crippen molar-refractivity contribution >= 4 is 33.3 Å². The van der Waals surface area contributed by atoms with Gasteiger partial charge in [-0.05, 0) is 30.2 Å². The zero-order valence-electron chi connectivity index (χ0n) is 7.31. The molecular weight excluding hydrogens is 251 g/mol. The highest BCUT2D eigenvalue weighted by Crippen LogP contribution is 2.18. The molecule has 0 spiro atoms. The van der Waals surface area contributed by atoms with Gasteiger partial charge in [0.1, 0.15) is 5.78 Å². The summed E-state index contributed by atoms with van der Waals surface area (Å²) in [5, 5.41) is 0. The zero-order chi connectivity index (χ0) is 9.84. The summed E-state index contributed by atoms with van der Waals surface area (Å²) < 4.78 is 0.984. The molecule has 1 aromatic rings. The monoisotopic (exact) mass is 260 g/mol. The topological polar surface area (TPSA) is 17.1 Å². The van der Waals surface area contributed by atoms with Gasteiger partial charge in [0.15, 0.2) is 0 Å². The number of benzene rings is 1. The summed E-state index contributed by atoms with van der Waals surface area (Å²) in [7, 11) is 0. The van der Waals surface area contributed by atoms with Gasteiger partial charge in [0.05, 0.1) is 0 Å². The molecule has 0 heterocycles. The van der Waals surface area contributed by atoms with Crippen molar-refractivity contribution < 1.29 is 4.79 Å². The minimum Gasteiger partial charge on any atom is -0.300 e. The van der Waals surface area contributed by atoms with Crippen LogP contribution in [-0.4, -0.2) is 5.78 Å². The van der Waals surface area contributed by atoms with E-state index in [0.717, 1.165) is 15.6 Å². The number of halogens is 2. The van der Waals surface area contributed by atoms with Gasteiger partial charge < -0.3 is 0 Å². The second kappa shape index (κ2) is 4.77. The van der Waals surface area contributed by atoms with Crippen molar-refractivity contribution in [3.05, 3.63) is 33.8 Å². The molecule has 0 fully saturated rings. The van der Waals surface area contributed by atoms with Crippen molar-refractivity contribution in [2.75, 3.05) is 0 Å². The van der Waals surface area contributed by atoms with Crippen molar-refractivity contribution in [1.82, 2.24) is 0 Å². The maximum absolute atomic E-state index is 10.9. The zero-order valence-corrected chi connectivity index (χ0v) is 9.65. The van der Waals surface area contributed by atoms with Crippen molar-refractivity contribution in [3.8, 4) is 0 Å². The van der Waals surface area contributed by atoms with Crippen LogP contribution in [0.1, 0.15) is 18.1 Å². The van der Waals surface area contributed by atoms with E-state index in [0.29, 0.717) is 12.3 Å². The van der Waals surface area contributed by atoms with E-state index in [-0.39, 0.29) is 5.78 Å². The average molecular weight is 262 g/mol. The third-order valence-electron chi connectivity index (χ3n) is 1.75. The lowest BCUT2D eigenvalue weighted by Gasteiger charge is -2.05. The molecule has 13 heavy (non-hydrogen) atoms.